The number of hydrogen-bond donors (Lipinski definition) is 0. The average molecular weight is 599 g/mol. The Labute approximate surface area is 268 Å². The van der Waals surface area contributed by atoms with Crippen molar-refractivity contribution in [3.8, 4) is 0 Å². The zero-order valence-corrected chi connectivity index (χ0v) is 26.8. The van der Waals surface area contributed by atoms with Crippen LogP contribution in [0.15, 0.2) is 133 Å². The highest BCUT2D eigenvalue weighted by molar-refractivity contribution is 7.25. The zero-order valence-electron chi connectivity index (χ0n) is 26.0. The molecule has 2 nitrogen and oxygen atoms in total. The summed E-state index contributed by atoms with van der Waals surface area (Å²) >= 11 is 1.88. The molecule has 9 rings (SSSR count). The summed E-state index contributed by atoms with van der Waals surface area (Å²) in [6.07, 6.45) is 0. The molecule has 0 aliphatic carbocycles. The minimum Gasteiger partial charge on any atom is -0.310 e. The van der Waals surface area contributed by atoms with Crippen molar-refractivity contribution in [2.75, 3.05) is 9.80 Å². The Morgan fingerprint density at radius 1 is 0.400 bits per heavy atom. The first-order valence-corrected chi connectivity index (χ1v) is 16.6. The fraction of sp³-hybridized carbons (Fsp3) is 0.143. The van der Waals surface area contributed by atoms with Gasteiger partial charge in [0.1, 0.15) is 0 Å². The quantitative estimate of drug-likeness (QED) is 0.195. The highest BCUT2D eigenvalue weighted by Crippen LogP contribution is 2.54. The lowest BCUT2D eigenvalue weighted by Crippen LogP contribution is -2.30. The summed E-state index contributed by atoms with van der Waals surface area (Å²) in [6, 6.07) is 49.6. The summed E-state index contributed by atoms with van der Waals surface area (Å²) in [6.45, 7) is 9.38. The average Bonchev–Trinajstić information content (AvgIpc) is 3.43. The maximum Gasteiger partial charge on any atom is 0.0502 e. The summed E-state index contributed by atoms with van der Waals surface area (Å²) in [4.78, 5) is 4.92. The van der Waals surface area contributed by atoms with Crippen molar-refractivity contribution >= 4 is 65.6 Å². The van der Waals surface area contributed by atoms with E-state index in [9.17, 15) is 0 Å². The maximum absolute atomic E-state index is 2.46. The lowest BCUT2D eigenvalue weighted by atomic mass is 9.73. The van der Waals surface area contributed by atoms with Crippen LogP contribution in [0, 0.1) is 0 Å². The Kier molecular flexibility index (Phi) is 5.50. The molecule has 0 fully saturated rings. The summed E-state index contributed by atoms with van der Waals surface area (Å²) in [5.74, 6) is 0. The van der Waals surface area contributed by atoms with Crippen LogP contribution < -0.4 is 9.80 Å². The van der Waals surface area contributed by atoms with Gasteiger partial charge in [0.25, 0.3) is 0 Å². The van der Waals surface area contributed by atoms with E-state index in [-0.39, 0.29) is 10.8 Å². The number of benzene rings is 6. The van der Waals surface area contributed by atoms with Gasteiger partial charge in [-0.05, 0) is 82.9 Å². The van der Waals surface area contributed by atoms with Crippen molar-refractivity contribution in [2.24, 2.45) is 0 Å². The molecule has 45 heavy (non-hydrogen) atoms. The molecule has 2 aliphatic rings. The summed E-state index contributed by atoms with van der Waals surface area (Å²) in [7, 11) is 0. The van der Waals surface area contributed by atoms with Gasteiger partial charge in [-0.2, -0.15) is 0 Å². The van der Waals surface area contributed by atoms with Gasteiger partial charge in [0.15, 0.2) is 0 Å². The molecule has 218 valence electrons. The SMILES string of the molecule is CC1(C)c2ccccc2N(c2ccc3sc4ccc(N5c6ccccc6C(C)(C)c6ccccc65)cc4c3c2)c2ccccc21. The smallest absolute Gasteiger partial charge is 0.0502 e. The predicted molar refractivity (Wildman–Crippen MR) is 193 cm³/mol. The molecule has 0 atom stereocenters. The number of fused-ring (bicyclic) bond motifs is 7. The molecule has 6 aromatic carbocycles. The van der Waals surface area contributed by atoms with Crippen LogP contribution in [-0.2, 0) is 10.8 Å². The van der Waals surface area contributed by atoms with Crippen molar-refractivity contribution in [1.82, 2.24) is 0 Å². The summed E-state index contributed by atoms with van der Waals surface area (Å²) in [5, 5.41) is 2.60. The second-order valence-corrected chi connectivity index (χ2v) is 14.5. The molecule has 2 aliphatic heterocycles. The molecule has 0 radical (unpaired) electrons. The van der Waals surface area contributed by atoms with E-state index < -0.39 is 0 Å². The van der Waals surface area contributed by atoms with Crippen LogP contribution in [0.3, 0.4) is 0 Å². The summed E-state index contributed by atoms with van der Waals surface area (Å²) < 4.78 is 2.62. The van der Waals surface area contributed by atoms with Crippen molar-refractivity contribution in [2.45, 2.75) is 38.5 Å². The van der Waals surface area contributed by atoms with E-state index in [1.807, 2.05) is 11.3 Å². The first kappa shape index (κ1) is 26.5. The molecule has 3 heteroatoms. The van der Waals surface area contributed by atoms with Crippen molar-refractivity contribution in [3.63, 3.8) is 0 Å². The third-order valence-corrected chi connectivity index (χ3v) is 11.4. The largest absolute Gasteiger partial charge is 0.310 e. The third-order valence-electron chi connectivity index (χ3n) is 10.2. The lowest BCUT2D eigenvalue weighted by Gasteiger charge is -2.42. The van der Waals surface area contributed by atoms with Gasteiger partial charge in [-0.3, -0.25) is 0 Å². The number of rotatable bonds is 2. The van der Waals surface area contributed by atoms with Gasteiger partial charge in [-0.1, -0.05) is 100 Å². The van der Waals surface area contributed by atoms with E-state index in [1.165, 1.54) is 76.6 Å². The first-order valence-electron chi connectivity index (χ1n) is 15.8. The van der Waals surface area contributed by atoms with E-state index >= 15 is 0 Å². The molecule has 0 spiro atoms. The number of para-hydroxylation sites is 4. The minimum atomic E-state index is -0.0760. The Morgan fingerprint density at radius 3 is 1.04 bits per heavy atom. The Balaban J connectivity index is 1.25. The highest BCUT2D eigenvalue weighted by atomic mass is 32.1. The van der Waals surface area contributed by atoms with Crippen LogP contribution in [0.4, 0.5) is 34.1 Å². The third kappa shape index (κ3) is 3.68. The van der Waals surface area contributed by atoms with Crippen LogP contribution in [0.25, 0.3) is 20.2 Å². The predicted octanol–water partition coefficient (Wildman–Crippen LogP) is 12.3. The second kappa shape index (κ2) is 9.32. The van der Waals surface area contributed by atoms with Crippen molar-refractivity contribution in [1.29, 1.82) is 0 Å². The molecule has 1 aromatic heterocycles. The molecule has 7 aromatic rings. The Morgan fingerprint density at radius 2 is 0.711 bits per heavy atom. The van der Waals surface area contributed by atoms with Crippen molar-refractivity contribution < 1.29 is 0 Å². The van der Waals surface area contributed by atoms with Gasteiger partial charge < -0.3 is 9.80 Å². The van der Waals surface area contributed by atoms with Gasteiger partial charge in [0.05, 0.1) is 22.7 Å². The van der Waals surface area contributed by atoms with Crippen LogP contribution in [0.1, 0.15) is 49.9 Å². The molecule has 0 bridgehead atoms. The first-order chi connectivity index (χ1) is 21.8. The molecule has 0 amide bonds. The number of hydrogen-bond acceptors (Lipinski definition) is 3. The fourth-order valence-corrected chi connectivity index (χ4v) is 8.99. The highest BCUT2D eigenvalue weighted by Gasteiger charge is 2.38. The van der Waals surface area contributed by atoms with Gasteiger partial charge >= 0.3 is 0 Å². The van der Waals surface area contributed by atoms with E-state index in [2.05, 4.69) is 171 Å². The van der Waals surface area contributed by atoms with Crippen LogP contribution >= 0.6 is 11.3 Å². The Hall–Kier alpha value is -4.86. The Bertz CT molecular complexity index is 2050. The van der Waals surface area contributed by atoms with Gasteiger partial charge in [-0.15, -0.1) is 11.3 Å². The van der Waals surface area contributed by atoms with Crippen LogP contribution in [-0.4, -0.2) is 0 Å². The normalized spacial score (nSPS) is 15.8. The maximum atomic E-state index is 2.46. The zero-order chi connectivity index (χ0) is 30.5. The van der Waals surface area contributed by atoms with Gasteiger partial charge in [0, 0.05) is 42.4 Å². The minimum absolute atomic E-state index is 0.0760. The van der Waals surface area contributed by atoms with Gasteiger partial charge in [-0.25, -0.2) is 0 Å². The molecule has 0 saturated heterocycles. The molecular weight excluding hydrogens is 565 g/mol. The second-order valence-electron chi connectivity index (χ2n) is 13.5. The van der Waals surface area contributed by atoms with E-state index in [4.69, 9.17) is 0 Å². The summed E-state index contributed by atoms with van der Waals surface area (Å²) in [5.41, 5.74) is 12.7. The number of anilines is 6. The van der Waals surface area contributed by atoms with E-state index in [0.717, 1.165) is 0 Å². The lowest BCUT2D eigenvalue weighted by molar-refractivity contribution is 0.632. The van der Waals surface area contributed by atoms with Crippen LogP contribution in [0.5, 0.6) is 0 Å². The van der Waals surface area contributed by atoms with E-state index in [0.29, 0.717) is 0 Å². The topological polar surface area (TPSA) is 6.48 Å². The van der Waals surface area contributed by atoms with E-state index in [1.54, 1.807) is 0 Å². The molecule has 0 unspecified atom stereocenters. The monoisotopic (exact) mass is 598 g/mol. The van der Waals surface area contributed by atoms with Gasteiger partial charge in [0.2, 0.25) is 0 Å². The number of thiophene rings is 1. The number of nitrogens with zero attached hydrogens (tertiary/aromatic N) is 2. The molecule has 0 N–H and O–H groups in total. The fourth-order valence-electron chi connectivity index (χ4n) is 7.93. The molecule has 3 heterocycles. The van der Waals surface area contributed by atoms with Crippen molar-refractivity contribution in [3.05, 3.63) is 156 Å². The molecular formula is C42H34N2S. The standard InChI is InChI=1S/C42H34N2S/c1-41(2)31-13-5-9-17-35(31)43(36-18-10-6-14-32(36)41)27-21-23-39-29(25-27)30-26-28(22-24-40(30)45-39)44-37-19-11-7-15-33(37)42(3,4)34-16-8-12-20-38(34)44/h5-26H,1-4H3. The van der Waals surface area contributed by atoms with Crippen LogP contribution in [0.2, 0.25) is 0 Å². The molecule has 0 saturated carbocycles.